The Morgan fingerprint density at radius 3 is 2.27 bits per heavy atom. The summed E-state index contributed by atoms with van der Waals surface area (Å²) in [6, 6.07) is -0.747. The topological polar surface area (TPSA) is 96.9 Å². The molecule has 0 bridgehead atoms. The Morgan fingerprint density at radius 1 is 1.36 bits per heavy atom. The van der Waals surface area contributed by atoms with Gasteiger partial charge in [-0.1, -0.05) is 11.8 Å². The number of hydrogen-bond donors (Lipinski definition) is 1. The Kier molecular flexibility index (Phi) is 2.35. The molecule has 2 atom stereocenters. The van der Waals surface area contributed by atoms with Crippen LogP contribution in [0.4, 0.5) is 0 Å². The summed E-state index contributed by atoms with van der Waals surface area (Å²) in [6.07, 6.45) is 0. The average molecular weight is 176 g/mol. The van der Waals surface area contributed by atoms with E-state index in [1.807, 2.05) is 0 Å². The predicted molar refractivity (Wildman–Crippen MR) is 32.0 cm³/mol. The van der Waals surface area contributed by atoms with Gasteiger partial charge >= 0.3 is 0 Å². The summed E-state index contributed by atoms with van der Waals surface area (Å²) in [6.45, 7) is 0. The third kappa shape index (κ3) is 1.84. The summed E-state index contributed by atoms with van der Waals surface area (Å²) < 4.78 is 0. The van der Waals surface area contributed by atoms with Crippen LogP contribution in [-0.4, -0.2) is 29.1 Å². The van der Waals surface area contributed by atoms with Crippen LogP contribution in [0.5, 0.6) is 0 Å². The second-order valence-corrected chi connectivity index (χ2v) is 3.37. The van der Waals surface area contributed by atoms with Crippen LogP contribution >= 0.6 is 11.8 Å². The number of hydrogen-bond acceptors (Lipinski definition) is 5. The lowest BCUT2D eigenvalue weighted by Gasteiger charge is -2.10. The molecule has 0 aromatic heterocycles. The molecular weight excluding hydrogens is 170 g/mol. The van der Waals surface area contributed by atoms with Crippen molar-refractivity contribution in [2.45, 2.75) is 11.4 Å². The number of aliphatic carboxylic acids is 2. The minimum atomic E-state index is -1.24. The lowest BCUT2D eigenvalue weighted by Crippen LogP contribution is -2.96. The molecule has 1 aliphatic rings. The SMILES string of the molecule is O=C([O-])[C@H]1CS[C@@H](C(=O)[O-])[NH2+]1. The van der Waals surface area contributed by atoms with E-state index in [4.69, 9.17) is 0 Å². The summed E-state index contributed by atoms with van der Waals surface area (Å²) in [5.74, 6) is -2.19. The fourth-order valence-electron chi connectivity index (χ4n) is 0.823. The first-order valence-corrected chi connectivity index (χ1v) is 4.04. The molecule has 1 rings (SSSR count). The molecule has 0 aromatic carbocycles. The van der Waals surface area contributed by atoms with Gasteiger partial charge in [-0.25, -0.2) is 0 Å². The van der Waals surface area contributed by atoms with E-state index in [0.717, 1.165) is 11.8 Å². The van der Waals surface area contributed by atoms with Crippen LogP contribution < -0.4 is 15.5 Å². The van der Waals surface area contributed by atoms with Crippen LogP contribution in [0.2, 0.25) is 0 Å². The molecule has 1 heterocycles. The van der Waals surface area contributed by atoms with Gasteiger partial charge in [0.15, 0.2) is 5.37 Å². The molecule has 0 radical (unpaired) electrons. The molecule has 0 unspecified atom stereocenters. The molecule has 0 aliphatic carbocycles. The number of thioether (sulfide) groups is 1. The molecule has 62 valence electrons. The van der Waals surface area contributed by atoms with Gasteiger partial charge in [0.1, 0.15) is 18.0 Å². The largest absolute Gasteiger partial charge is 0.544 e. The number of carboxylic acids is 2. The van der Waals surface area contributed by atoms with Crippen LogP contribution in [0.3, 0.4) is 0 Å². The lowest BCUT2D eigenvalue weighted by atomic mass is 10.3. The minimum absolute atomic E-state index is 0.265. The quantitative estimate of drug-likeness (QED) is 0.457. The Bertz CT molecular complexity index is 175. The van der Waals surface area contributed by atoms with Crippen molar-refractivity contribution in [1.82, 2.24) is 0 Å². The fourth-order valence-corrected chi connectivity index (χ4v) is 1.92. The van der Waals surface area contributed by atoms with Gasteiger partial charge in [-0.15, -0.1) is 0 Å². The molecule has 0 amide bonds. The number of carbonyl (C=O) groups excluding carboxylic acids is 2. The van der Waals surface area contributed by atoms with Crippen molar-refractivity contribution in [3.8, 4) is 0 Å². The van der Waals surface area contributed by atoms with E-state index in [1.165, 1.54) is 5.32 Å². The van der Waals surface area contributed by atoms with Crippen molar-refractivity contribution in [3.05, 3.63) is 0 Å². The predicted octanol–water partition coefficient (Wildman–Crippen LogP) is -4.51. The minimum Gasteiger partial charge on any atom is -0.544 e. The smallest absolute Gasteiger partial charge is 0.174 e. The average Bonchev–Trinajstić information content (AvgIpc) is 2.33. The number of quaternary nitrogens is 1. The summed E-state index contributed by atoms with van der Waals surface area (Å²) in [7, 11) is 0. The molecule has 2 N–H and O–H groups in total. The van der Waals surface area contributed by atoms with Crippen molar-refractivity contribution >= 4 is 23.7 Å². The first-order chi connectivity index (χ1) is 5.11. The van der Waals surface area contributed by atoms with E-state index in [-0.39, 0.29) is 5.75 Å². The summed E-state index contributed by atoms with van der Waals surface area (Å²) >= 11 is 1.05. The second kappa shape index (κ2) is 3.10. The van der Waals surface area contributed by atoms with Gasteiger partial charge in [0.2, 0.25) is 0 Å². The van der Waals surface area contributed by atoms with Gasteiger partial charge in [-0.2, -0.15) is 0 Å². The molecule has 0 spiro atoms. The maximum Gasteiger partial charge on any atom is 0.174 e. The highest BCUT2D eigenvalue weighted by molar-refractivity contribution is 8.00. The van der Waals surface area contributed by atoms with E-state index in [2.05, 4.69) is 0 Å². The normalized spacial score (nSPS) is 30.2. The van der Waals surface area contributed by atoms with E-state index in [1.54, 1.807) is 0 Å². The van der Waals surface area contributed by atoms with Crippen molar-refractivity contribution in [3.63, 3.8) is 0 Å². The van der Waals surface area contributed by atoms with Crippen LogP contribution in [0, 0.1) is 0 Å². The van der Waals surface area contributed by atoms with Crippen LogP contribution in [0.25, 0.3) is 0 Å². The highest BCUT2D eigenvalue weighted by Crippen LogP contribution is 2.10. The lowest BCUT2D eigenvalue weighted by molar-refractivity contribution is -0.679. The monoisotopic (exact) mass is 176 g/mol. The first kappa shape index (κ1) is 8.35. The molecule has 0 aromatic rings. The van der Waals surface area contributed by atoms with Crippen LogP contribution in [0.15, 0.2) is 0 Å². The number of carbonyl (C=O) groups is 2. The zero-order chi connectivity index (χ0) is 8.43. The van der Waals surface area contributed by atoms with Crippen LogP contribution in [-0.2, 0) is 9.59 Å². The Morgan fingerprint density at radius 2 is 2.00 bits per heavy atom. The first-order valence-electron chi connectivity index (χ1n) is 2.99. The Labute approximate surface area is 66.8 Å². The molecule has 5 nitrogen and oxygen atoms in total. The maximum atomic E-state index is 10.2. The molecule has 6 heteroatoms. The fraction of sp³-hybridized carbons (Fsp3) is 0.600. The third-order valence-electron chi connectivity index (χ3n) is 1.40. The number of nitrogens with two attached hydrogens (primary N) is 1. The van der Waals surface area contributed by atoms with Gasteiger partial charge in [-0.05, 0) is 0 Å². The number of carboxylic acid groups (broad SMARTS) is 2. The molecule has 11 heavy (non-hydrogen) atoms. The Hall–Kier alpha value is -0.750. The highest BCUT2D eigenvalue weighted by atomic mass is 32.2. The van der Waals surface area contributed by atoms with Crippen molar-refractivity contribution < 1.29 is 25.1 Å². The summed E-state index contributed by atoms with van der Waals surface area (Å²) in [5, 5.41) is 20.8. The van der Waals surface area contributed by atoms with Gasteiger partial charge in [0.05, 0.1) is 5.75 Å². The molecule has 1 aliphatic heterocycles. The summed E-state index contributed by atoms with van der Waals surface area (Å²) in [5.41, 5.74) is 0. The third-order valence-corrected chi connectivity index (χ3v) is 2.66. The van der Waals surface area contributed by atoms with E-state index >= 15 is 0 Å². The molecule has 1 fully saturated rings. The van der Waals surface area contributed by atoms with Crippen molar-refractivity contribution in [2.75, 3.05) is 5.75 Å². The van der Waals surface area contributed by atoms with E-state index in [0.29, 0.717) is 0 Å². The maximum absolute atomic E-state index is 10.2. The zero-order valence-corrected chi connectivity index (χ0v) is 6.30. The number of rotatable bonds is 2. The summed E-state index contributed by atoms with van der Waals surface area (Å²) in [4.78, 5) is 20.4. The van der Waals surface area contributed by atoms with E-state index < -0.39 is 23.4 Å². The van der Waals surface area contributed by atoms with Gasteiger partial charge < -0.3 is 25.1 Å². The van der Waals surface area contributed by atoms with Crippen molar-refractivity contribution in [2.24, 2.45) is 0 Å². The second-order valence-electron chi connectivity index (χ2n) is 2.19. The van der Waals surface area contributed by atoms with Gasteiger partial charge in [0.25, 0.3) is 0 Å². The highest BCUT2D eigenvalue weighted by Gasteiger charge is 2.30. The molecule has 0 saturated carbocycles. The van der Waals surface area contributed by atoms with Gasteiger partial charge in [-0.3, -0.25) is 0 Å². The zero-order valence-electron chi connectivity index (χ0n) is 5.48. The van der Waals surface area contributed by atoms with E-state index in [9.17, 15) is 19.8 Å². The van der Waals surface area contributed by atoms with Gasteiger partial charge in [0, 0.05) is 0 Å². The Balaban J connectivity index is 2.47. The molecule has 1 saturated heterocycles. The molecular formula is C5H6NO4S-. The van der Waals surface area contributed by atoms with Crippen molar-refractivity contribution in [1.29, 1.82) is 0 Å². The van der Waals surface area contributed by atoms with Crippen LogP contribution in [0.1, 0.15) is 0 Å². The standard InChI is InChI=1S/C5H7NO4S/c7-4(8)2-1-11-3(6-2)5(9)10/h2-3,6H,1H2,(H,7,8)(H,9,10)/p-1/t2-,3+/m1/s1.